The highest BCUT2D eigenvalue weighted by molar-refractivity contribution is 9.10. The highest BCUT2D eigenvalue weighted by Gasteiger charge is 2.25. The van der Waals surface area contributed by atoms with E-state index in [-0.39, 0.29) is 5.91 Å². The number of nitrogens with one attached hydrogen (secondary N) is 1. The first-order valence-electron chi connectivity index (χ1n) is 6.32. The maximum absolute atomic E-state index is 12.0. The molecule has 1 aliphatic carbocycles. The smallest absolute Gasteiger partial charge is 0.251 e. The van der Waals surface area contributed by atoms with Crippen LogP contribution in [0.4, 0.5) is 0 Å². The lowest BCUT2D eigenvalue weighted by Crippen LogP contribution is -2.34. The minimum Gasteiger partial charge on any atom is -0.351 e. The van der Waals surface area contributed by atoms with E-state index in [1.165, 1.54) is 12.8 Å². The molecule has 0 aliphatic heterocycles. The number of carbonyl (C=O) groups excluding carboxylic acids is 1. The highest BCUT2D eigenvalue weighted by atomic mass is 79.9. The van der Waals surface area contributed by atoms with E-state index in [2.05, 4.69) is 33.2 Å². The Bertz CT molecular complexity index is 423. The van der Waals surface area contributed by atoms with Gasteiger partial charge in [0.1, 0.15) is 0 Å². The summed E-state index contributed by atoms with van der Waals surface area (Å²) in [4.78, 5) is 14.3. The molecule has 98 valence electrons. The summed E-state index contributed by atoms with van der Waals surface area (Å²) in [6.07, 6.45) is 2.60. The fourth-order valence-corrected chi connectivity index (χ4v) is 2.62. The molecule has 0 saturated heterocycles. The third kappa shape index (κ3) is 3.82. The van der Waals surface area contributed by atoms with Crippen LogP contribution in [0.2, 0.25) is 0 Å². The van der Waals surface area contributed by atoms with Crippen LogP contribution < -0.4 is 5.32 Å². The number of halogens is 1. The molecule has 1 amide bonds. The maximum Gasteiger partial charge on any atom is 0.251 e. The van der Waals surface area contributed by atoms with Crippen molar-refractivity contribution in [2.75, 3.05) is 20.1 Å². The molecule has 0 unspecified atom stereocenters. The predicted octanol–water partition coefficient (Wildman–Crippen LogP) is 2.58. The van der Waals surface area contributed by atoms with E-state index in [1.807, 2.05) is 25.1 Å². The molecule has 2 rings (SSSR count). The summed E-state index contributed by atoms with van der Waals surface area (Å²) in [6.45, 7) is 3.61. The van der Waals surface area contributed by atoms with Crippen molar-refractivity contribution in [1.29, 1.82) is 0 Å². The molecule has 1 N–H and O–H groups in total. The fraction of sp³-hybridized carbons (Fsp3) is 0.500. The Hall–Kier alpha value is -0.870. The van der Waals surface area contributed by atoms with Gasteiger partial charge in [-0.05, 0) is 50.6 Å². The first kappa shape index (κ1) is 13.6. The van der Waals surface area contributed by atoms with E-state index in [1.54, 1.807) is 0 Å². The molecule has 3 nitrogen and oxygen atoms in total. The number of nitrogens with zero attached hydrogens (tertiary/aromatic N) is 1. The van der Waals surface area contributed by atoms with Gasteiger partial charge in [0.25, 0.3) is 5.91 Å². The molecule has 0 spiro atoms. The number of amides is 1. The zero-order valence-corrected chi connectivity index (χ0v) is 12.5. The highest BCUT2D eigenvalue weighted by Crippen LogP contribution is 2.24. The van der Waals surface area contributed by atoms with E-state index in [9.17, 15) is 4.79 Å². The van der Waals surface area contributed by atoms with Crippen LogP contribution >= 0.6 is 15.9 Å². The monoisotopic (exact) mass is 310 g/mol. The van der Waals surface area contributed by atoms with Gasteiger partial charge >= 0.3 is 0 Å². The summed E-state index contributed by atoms with van der Waals surface area (Å²) in [5, 5.41) is 2.97. The molecule has 0 bridgehead atoms. The van der Waals surface area contributed by atoms with Gasteiger partial charge in [-0.3, -0.25) is 4.79 Å². The van der Waals surface area contributed by atoms with E-state index in [0.717, 1.165) is 28.2 Å². The van der Waals surface area contributed by atoms with Crippen LogP contribution in [0.5, 0.6) is 0 Å². The van der Waals surface area contributed by atoms with Gasteiger partial charge in [-0.2, -0.15) is 0 Å². The third-order valence-electron chi connectivity index (χ3n) is 3.22. The van der Waals surface area contributed by atoms with Crippen LogP contribution in [0.25, 0.3) is 0 Å². The van der Waals surface area contributed by atoms with Crippen LogP contribution in [0.1, 0.15) is 28.8 Å². The molecule has 1 fully saturated rings. The van der Waals surface area contributed by atoms with Crippen molar-refractivity contribution in [1.82, 2.24) is 10.2 Å². The number of benzene rings is 1. The van der Waals surface area contributed by atoms with Crippen molar-refractivity contribution in [3.05, 3.63) is 33.8 Å². The van der Waals surface area contributed by atoms with Crippen LogP contribution in [0.15, 0.2) is 22.7 Å². The van der Waals surface area contributed by atoms with E-state index >= 15 is 0 Å². The Kier molecular flexibility index (Phi) is 4.40. The van der Waals surface area contributed by atoms with E-state index < -0.39 is 0 Å². The normalized spacial score (nSPS) is 14.9. The minimum atomic E-state index is 0.00333. The van der Waals surface area contributed by atoms with Gasteiger partial charge in [-0.1, -0.05) is 15.9 Å². The molecule has 1 saturated carbocycles. The summed E-state index contributed by atoms with van der Waals surface area (Å²) in [6, 6.07) is 6.50. The second kappa shape index (κ2) is 5.85. The third-order valence-corrected chi connectivity index (χ3v) is 3.68. The minimum absolute atomic E-state index is 0.00333. The molecule has 0 aromatic heterocycles. The molecule has 1 aromatic rings. The van der Waals surface area contributed by atoms with Crippen molar-refractivity contribution < 1.29 is 4.79 Å². The Morgan fingerprint density at radius 3 is 2.78 bits per heavy atom. The maximum atomic E-state index is 12.0. The van der Waals surface area contributed by atoms with Crippen LogP contribution in [-0.4, -0.2) is 37.0 Å². The van der Waals surface area contributed by atoms with Crippen LogP contribution in [0.3, 0.4) is 0 Å². The van der Waals surface area contributed by atoms with Crippen LogP contribution in [-0.2, 0) is 0 Å². The van der Waals surface area contributed by atoms with Gasteiger partial charge in [0.15, 0.2) is 0 Å². The first-order chi connectivity index (χ1) is 8.56. The molecule has 0 heterocycles. The summed E-state index contributed by atoms with van der Waals surface area (Å²) in [7, 11) is 2.12. The van der Waals surface area contributed by atoms with Crippen molar-refractivity contribution in [2.45, 2.75) is 25.8 Å². The number of hydrogen-bond acceptors (Lipinski definition) is 2. The van der Waals surface area contributed by atoms with Crippen molar-refractivity contribution in [3.63, 3.8) is 0 Å². The summed E-state index contributed by atoms with van der Waals surface area (Å²) in [5.41, 5.74) is 1.81. The number of carbonyl (C=O) groups is 1. The van der Waals surface area contributed by atoms with Crippen LogP contribution in [0, 0.1) is 6.92 Å². The van der Waals surface area contributed by atoms with Crippen molar-refractivity contribution >= 4 is 21.8 Å². The number of rotatable bonds is 5. The number of aryl methyl sites for hydroxylation is 1. The van der Waals surface area contributed by atoms with Gasteiger partial charge in [-0.25, -0.2) is 0 Å². The lowest BCUT2D eigenvalue weighted by atomic mass is 10.1. The van der Waals surface area contributed by atoms with E-state index in [0.29, 0.717) is 6.54 Å². The summed E-state index contributed by atoms with van der Waals surface area (Å²) in [5.74, 6) is 0.00333. The number of hydrogen-bond donors (Lipinski definition) is 1. The lowest BCUT2D eigenvalue weighted by Gasteiger charge is -2.15. The number of likely N-dealkylation sites (N-methyl/N-ethyl adjacent to an activating group) is 1. The quantitative estimate of drug-likeness (QED) is 0.906. The molecular weight excluding hydrogens is 292 g/mol. The summed E-state index contributed by atoms with van der Waals surface area (Å²) >= 11 is 3.41. The van der Waals surface area contributed by atoms with Gasteiger partial charge in [-0.15, -0.1) is 0 Å². The molecule has 1 aromatic carbocycles. The second-order valence-corrected chi connectivity index (χ2v) is 5.90. The molecular formula is C14H19BrN2O. The topological polar surface area (TPSA) is 32.3 Å². The average Bonchev–Trinajstić information content (AvgIpc) is 3.11. The fourth-order valence-electron chi connectivity index (χ4n) is 2.01. The SMILES string of the molecule is Cc1cc(Br)cc(C(=O)NCCN(C)C2CC2)c1. The zero-order chi connectivity index (χ0) is 13.1. The van der Waals surface area contributed by atoms with Crippen molar-refractivity contribution in [2.24, 2.45) is 0 Å². The average molecular weight is 311 g/mol. The molecule has 0 radical (unpaired) electrons. The Balaban J connectivity index is 1.83. The Morgan fingerprint density at radius 1 is 1.44 bits per heavy atom. The van der Waals surface area contributed by atoms with E-state index in [4.69, 9.17) is 0 Å². The lowest BCUT2D eigenvalue weighted by molar-refractivity contribution is 0.0949. The molecule has 4 heteroatoms. The molecule has 0 atom stereocenters. The Labute approximate surface area is 117 Å². The van der Waals surface area contributed by atoms with Gasteiger partial charge in [0.05, 0.1) is 0 Å². The van der Waals surface area contributed by atoms with Crippen molar-refractivity contribution in [3.8, 4) is 0 Å². The standard InChI is InChI=1S/C14H19BrN2O/c1-10-7-11(9-12(15)8-10)14(18)16-5-6-17(2)13-3-4-13/h7-9,13H,3-6H2,1-2H3,(H,16,18). The first-order valence-corrected chi connectivity index (χ1v) is 7.11. The summed E-state index contributed by atoms with van der Waals surface area (Å²) < 4.78 is 0.947. The zero-order valence-electron chi connectivity index (χ0n) is 10.9. The molecule has 1 aliphatic rings. The second-order valence-electron chi connectivity index (χ2n) is 4.98. The Morgan fingerprint density at radius 2 is 2.17 bits per heavy atom. The molecule has 18 heavy (non-hydrogen) atoms. The van der Waals surface area contributed by atoms with Gasteiger partial charge in [0.2, 0.25) is 0 Å². The van der Waals surface area contributed by atoms with Gasteiger partial charge in [0, 0.05) is 29.2 Å². The van der Waals surface area contributed by atoms with Gasteiger partial charge < -0.3 is 10.2 Å². The predicted molar refractivity (Wildman–Crippen MR) is 76.9 cm³/mol. The largest absolute Gasteiger partial charge is 0.351 e.